The number of amides is 2. The van der Waals surface area contributed by atoms with Crippen molar-refractivity contribution in [2.45, 2.75) is 33.1 Å². The molecule has 24 heavy (non-hydrogen) atoms. The molecule has 0 aliphatic heterocycles. The molecule has 2 aromatic rings. The first-order chi connectivity index (χ1) is 11.7. The fourth-order valence-corrected chi connectivity index (χ4v) is 2.41. The van der Waals surface area contributed by atoms with Crippen molar-refractivity contribution in [1.29, 1.82) is 0 Å². The van der Waals surface area contributed by atoms with E-state index in [2.05, 4.69) is 12.2 Å². The second-order valence-corrected chi connectivity index (χ2v) is 5.63. The molecule has 0 unspecified atom stereocenters. The van der Waals surface area contributed by atoms with Crippen LogP contribution in [-0.4, -0.2) is 18.4 Å². The molecule has 0 aromatic heterocycles. The molecule has 0 saturated carbocycles. The highest BCUT2D eigenvalue weighted by Gasteiger charge is 2.17. The Balaban J connectivity index is 2.25. The van der Waals surface area contributed by atoms with E-state index in [1.165, 1.54) is 0 Å². The average molecular weight is 324 g/mol. The number of anilines is 2. The van der Waals surface area contributed by atoms with Gasteiger partial charge in [0.15, 0.2) is 0 Å². The number of hydrogen-bond donors (Lipinski definition) is 1. The standard InChI is InChI=1S/C20H24N2O2/c1-3-5-14-22(18-12-7-6-8-13-18)20(24)16-10-9-11-17(15-16)21-19(23)4-2/h6-13,15H,3-5,14H2,1-2H3,(H,21,23). The molecule has 1 N–H and O–H groups in total. The molecule has 2 aromatic carbocycles. The molecule has 2 rings (SSSR count). The first-order valence-electron chi connectivity index (χ1n) is 8.42. The van der Waals surface area contributed by atoms with E-state index in [1.807, 2.05) is 30.3 Å². The Kier molecular flexibility index (Phi) is 6.55. The van der Waals surface area contributed by atoms with E-state index in [-0.39, 0.29) is 11.8 Å². The van der Waals surface area contributed by atoms with Crippen LogP contribution in [0.15, 0.2) is 54.6 Å². The molecule has 0 bridgehead atoms. The molecule has 0 atom stereocenters. The third-order valence-electron chi connectivity index (χ3n) is 3.76. The predicted molar refractivity (Wildman–Crippen MR) is 98.4 cm³/mol. The number of unbranched alkanes of at least 4 members (excludes halogenated alkanes) is 1. The van der Waals surface area contributed by atoms with Crippen LogP contribution in [-0.2, 0) is 4.79 Å². The third-order valence-corrected chi connectivity index (χ3v) is 3.76. The summed E-state index contributed by atoms with van der Waals surface area (Å²) >= 11 is 0. The van der Waals surface area contributed by atoms with Crippen molar-refractivity contribution in [2.75, 3.05) is 16.8 Å². The molecule has 2 amide bonds. The quantitative estimate of drug-likeness (QED) is 0.816. The minimum atomic E-state index is -0.0644. The lowest BCUT2D eigenvalue weighted by molar-refractivity contribution is -0.115. The van der Waals surface area contributed by atoms with Gasteiger partial charge in [0.25, 0.3) is 5.91 Å². The molecule has 126 valence electrons. The van der Waals surface area contributed by atoms with Gasteiger partial charge in [-0.1, -0.05) is 44.5 Å². The topological polar surface area (TPSA) is 49.4 Å². The van der Waals surface area contributed by atoms with Crippen molar-refractivity contribution in [3.05, 3.63) is 60.2 Å². The van der Waals surface area contributed by atoms with Crippen LogP contribution in [0.3, 0.4) is 0 Å². The number of rotatable bonds is 7. The Labute approximate surface area is 143 Å². The lowest BCUT2D eigenvalue weighted by atomic mass is 10.1. The van der Waals surface area contributed by atoms with Gasteiger partial charge in [-0.15, -0.1) is 0 Å². The van der Waals surface area contributed by atoms with Gasteiger partial charge >= 0.3 is 0 Å². The number of carbonyl (C=O) groups is 2. The number of hydrogen-bond acceptors (Lipinski definition) is 2. The zero-order chi connectivity index (χ0) is 17.4. The number of nitrogens with one attached hydrogen (secondary N) is 1. The van der Waals surface area contributed by atoms with Crippen LogP contribution >= 0.6 is 0 Å². The van der Waals surface area contributed by atoms with Gasteiger partial charge in [-0.25, -0.2) is 0 Å². The summed E-state index contributed by atoms with van der Waals surface area (Å²) in [5, 5.41) is 2.80. The number of benzene rings is 2. The lowest BCUT2D eigenvalue weighted by Gasteiger charge is -2.23. The van der Waals surface area contributed by atoms with Crippen LogP contribution < -0.4 is 10.2 Å². The summed E-state index contributed by atoms with van der Waals surface area (Å²) in [7, 11) is 0. The highest BCUT2D eigenvalue weighted by Crippen LogP contribution is 2.19. The summed E-state index contributed by atoms with van der Waals surface area (Å²) < 4.78 is 0. The van der Waals surface area contributed by atoms with Gasteiger partial charge in [-0.2, -0.15) is 0 Å². The molecule has 4 nitrogen and oxygen atoms in total. The maximum Gasteiger partial charge on any atom is 0.258 e. The van der Waals surface area contributed by atoms with Gasteiger partial charge in [0, 0.05) is 29.9 Å². The number of nitrogens with zero attached hydrogens (tertiary/aromatic N) is 1. The average Bonchev–Trinajstić information content (AvgIpc) is 2.63. The van der Waals surface area contributed by atoms with Crippen molar-refractivity contribution >= 4 is 23.2 Å². The van der Waals surface area contributed by atoms with Crippen LogP contribution in [0, 0.1) is 0 Å². The van der Waals surface area contributed by atoms with E-state index >= 15 is 0 Å². The van der Waals surface area contributed by atoms with E-state index in [0.29, 0.717) is 24.2 Å². The largest absolute Gasteiger partial charge is 0.326 e. The number of carbonyl (C=O) groups excluding carboxylic acids is 2. The molecular formula is C20H24N2O2. The highest BCUT2D eigenvalue weighted by molar-refractivity contribution is 6.07. The summed E-state index contributed by atoms with van der Waals surface area (Å²) in [6.07, 6.45) is 2.36. The summed E-state index contributed by atoms with van der Waals surface area (Å²) in [5.74, 6) is -0.118. The SMILES string of the molecule is CCCCN(C(=O)c1cccc(NC(=O)CC)c1)c1ccccc1. The Morgan fingerprint density at radius 1 is 1.00 bits per heavy atom. The van der Waals surface area contributed by atoms with Gasteiger partial charge < -0.3 is 10.2 Å². The first-order valence-corrected chi connectivity index (χ1v) is 8.42. The van der Waals surface area contributed by atoms with Crippen molar-refractivity contribution in [1.82, 2.24) is 0 Å². The van der Waals surface area contributed by atoms with Gasteiger partial charge in [0.2, 0.25) is 5.91 Å². The molecule has 0 heterocycles. The maximum absolute atomic E-state index is 13.0. The molecule has 0 saturated heterocycles. The molecule has 0 fully saturated rings. The van der Waals surface area contributed by atoms with Gasteiger partial charge in [0.1, 0.15) is 0 Å². The monoisotopic (exact) mass is 324 g/mol. The second-order valence-electron chi connectivity index (χ2n) is 5.63. The Bertz CT molecular complexity index is 683. The van der Waals surface area contributed by atoms with E-state index in [9.17, 15) is 9.59 Å². The molecule has 0 spiro atoms. The zero-order valence-electron chi connectivity index (χ0n) is 14.3. The number of para-hydroxylation sites is 1. The smallest absolute Gasteiger partial charge is 0.258 e. The minimum Gasteiger partial charge on any atom is -0.326 e. The lowest BCUT2D eigenvalue weighted by Crippen LogP contribution is -2.32. The zero-order valence-corrected chi connectivity index (χ0v) is 14.3. The predicted octanol–water partition coefficient (Wildman–Crippen LogP) is 4.48. The Morgan fingerprint density at radius 2 is 1.75 bits per heavy atom. The summed E-state index contributed by atoms with van der Waals surface area (Å²) in [4.78, 5) is 26.3. The molecule has 0 aliphatic carbocycles. The fourth-order valence-electron chi connectivity index (χ4n) is 2.41. The summed E-state index contributed by atoms with van der Waals surface area (Å²) in [5.41, 5.74) is 2.11. The van der Waals surface area contributed by atoms with E-state index in [1.54, 1.807) is 36.1 Å². The maximum atomic E-state index is 13.0. The first kappa shape index (κ1) is 17.7. The normalized spacial score (nSPS) is 10.2. The van der Waals surface area contributed by atoms with Gasteiger partial charge in [-0.3, -0.25) is 9.59 Å². The van der Waals surface area contributed by atoms with E-state index in [0.717, 1.165) is 18.5 Å². The van der Waals surface area contributed by atoms with Crippen molar-refractivity contribution in [2.24, 2.45) is 0 Å². The molecule has 0 aliphatic rings. The molecule has 4 heteroatoms. The van der Waals surface area contributed by atoms with Crippen molar-refractivity contribution < 1.29 is 9.59 Å². The minimum absolute atomic E-state index is 0.0535. The molecular weight excluding hydrogens is 300 g/mol. The van der Waals surface area contributed by atoms with Crippen LogP contribution in [0.25, 0.3) is 0 Å². The van der Waals surface area contributed by atoms with Gasteiger partial charge in [0.05, 0.1) is 0 Å². The van der Waals surface area contributed by atoms with Crippen LogP contribution in [0.5, 0.6) is 0 Å². The van der Waals surface area contributed by atoms with Crippen molar-refractivity contribution in [3.8, 4) is 0 Å². The van der Waals surface area contributed by atoms with Gasteiger partial charge in [-0.05, 0) is 36.8 Å². The van der Waals surface area contributed by atoms with E-state index < -0.39 is 0 Å². The Hall–Kier alpha value is -2.62. The van der Waals surface area contributed by atoms with E-state index in [4.69, 9.17) is 0 Å². The third kappa shape index (κ3) is 4.69. The van der Waals surface area contributed by atoms with Crippen LogP contribution in [0.1, 0.15) is 43.5 Å². The second kappa shape index (κ2) is 8.87. The van der Waals surface area contributed by atoms with Crippen molar-refractivity contribution in [3.63, 3.8) is 0 Å². The highest BCUT2D eigenvalue weighted by atomic mass is 16.2. The van der Waals surface area contributed by atoms with Crippen LogP contribution in [0.2, 0.25) is 0 Å². The molecule has 0 radical (unpaired) electrons. The van der Waals surface area contributed by atoms with Crippen LogP contribution in [0.4, 0.5) is 11.4 Å². The fraction of sp³-hybridized carbons (Fsp3) is 0.300. The Morgan fingerprint density at radius 3 is 2.42 bits per heavy atom. The summed E-state index contributed by atoms with van der Waals surface area (Å²) in [6.45, 7) is 4.58. The summed E-state index contributed by atoms with van der Waals surface area (Å²) in [6, 6.07) is 16.8.